The van der Waals surface area contributed by atoms with Crippen molar-refractivity contribution in [1.29, 1.82) is 0 Å². The molecule has 2 aliphatic heterocycles. The van der Waals surface area contributed by atoms with Gasteiger partial charge in [0.25, 0.3) is 0 Å². The van der Waals surface area contributed by atoms with E-state index in [0.29, 0.717) is 29.7 Å². The topological polar surface area (TPSA) is 82.2 Å². The molecule has 0 fully saturated rings. The maximum atomic E-state index is 5.71. The van der Waals surface area contributed by atoms with Crippen molar-refractivity contribution in [2.45, 2.75) is 0 Å². The minimum Gasteiger partial charge on any atom is -0.484 e. The van der Waals surface area contributed by atoms with E-state index in [1.54, 1.807) is 0 Å². The molecule has 3 heterocycles. The summed E-state index contributed by atoms with van der Waals surface area (Å²) in [6.45, 7) is 0.614. The Balaban J connectivity index is 1.82. The molecule has 1 aromatic heterocycles. The lowest BCUT2D eigenvalue weighted by atomic mass is 10.1. The van der Waals surface area contributed by atoms with Crippen molar-refractivity contribution in [3.63, 3.8) is 0 Å². The predicted molar refractivity (Wildman–Crippen MR) is 60.1 cm³/mol. The van der Waals surface area contributed by atoms with Crippen molar-refractivity contribution >= 4 is 11.6 Å². The van der Waals surface area contributed by atoms with Crippen molar-refractivity contribution in [2.75, 3.05) is 13.4 Å². The first-order chi connectivity index (χ1) is 8.92. The highest BCUT2D eigenvalue weighted by molar-refractivity contribution is 5.85. The molecule has 2 aliphatic rings. The monoisotopic (exact) mass is 244 g/mol. The summed E-state index contributed by atoms with van der Waals surface area (Å²) in [5.74, 6) is 2.62. The van der Waals surface area contributed by atoms with E-state index in [9.17, 15) is 0 Å². The van der Waals surface area contributed by atoms with Crippen LogP contribution in [0.4, 0.5) is 0 Å². The predicted octanol–water partition coefficient (Wildman–Crippen LogP) is 0.861. The fourth-order valence-electron chi connectivity index (χ4n) is 2.03. The molecule has 0 radical (unpaired) electrons. The molecule has 0 bridgehead atoms. The summed E-state index contributed by atoms with van der Waals surface area (Å²) in [5, 5.41) is 13.8. The summed E-state index contributed by atoms with van der Waals surface area (Å²) < 4.78 is 16.4. The maximum Gasteiger partial charge on any atom is 0.231 e. The van der Waals surface area contributed by atoms with Crippen LogP contribution in [0, 0.1) is 0 Å². The van der Waals surface area contributed by atoms with Gasteiger partial charge in [-0.05, 0) is 23.4 Å². The van der Waals surface area contributed by atoms with E-state index in [4.69, 9.17) is 14.2 Å². The van der Waals surface area contributed by atoms with E-state index in [0.717, 1.165) is 11.1 Å². The van der Waals surface area contributed by atoms with Gasteiger partial charge in [0.05, 0.1) is 0 Å². The van der Waals surface area contributed by atoms with Gasteiger partial charge in [-0.25, -0.2) is 0 Å². The third-order valence-electron chi connectivity index (χ3n) is 2.86. The molecule has 0 aliphatic carbocycles. The van der Waals surface area contributed by atoms with E-state index in [-0.39, 0.29) is 6.79 Å². The molecule has 4 rings (SSSR count). The second kappa shape index (κ2) is 3.46. The average Bonchev–Trinajstić information content (AvgIpc) is 3.09. The number of hydrogen-bond acceptors (Lipinski definition) is 6. The van der Waals surface area contributed by atoms with Gasteiger partial charge < -0.3 is 14.2 Å². The second-order valence-corrected chi connectivity index (χ2v) is 3.91. The minimum absolute atomic E-state index is 0.233. The number of ether oxygens (including phenoxy) is 3. The summed E-state index contributed by atoms with van der Waals surface area (Å²) in [6, 6.07) is 3.78. The Morgan fingerprint density at radius 2 is 2.11 bits per heavy atom. The molecular formula is C11H8N4O3. The number of rotatable bonds is 1. The summed E-state index contributed by atoms with van der Waals surface area (Å²) >= 11 is 0. The molecule has 2 aromatic rings. The molecule has 0 saturated heterocycles. The van der Waals surface area contributed by atoms with Gasteiger partial charge in [-0.15, -0.1) is 10.2 Å². The van der Waals surface area contributed by atoms with Crippen LogP contribution in [0.1, 0.15) is 11.4 Å². The SMILES string of the molecule is C1=C(c2nn[nH]n2)COc2c1ccc1c2OCO1. The van der Waals surface area contributed by atoms with E-state index < -0.39 is 0 Å². The molecule has 90 valence electrons. The zero-order chi connectivity index (χ0) is 11.9. The molecule has 0 atom stereocenters. The highest BCUT2D eigenvalue weighted by Gasteiger charge is 2.25. The van der Waals surface area contributed by atoms with Crippen LogP contribution in [-0.2, 0) is 0 Å². The average molecular weight is 244 g/mol. The first-order valence-corrected chi connectivity index (χ1v) is 5.41. The van der Waals surface area contributed by atoms with Gasteiger partial charge in [0, 0.05) is 11.1 Å². The van der Waals surface area contributed by atoms with Crippen LogP contribution < -0.4 is 14.2 Å². The van der Waals surface area contributed by atoms with E-state index in [2.05, 4.69) is 20.6 Å². The van der Waals surface area contributed by atoms with Gasteiger partial charge in [-0.3, -0.25) is 0 Å². The number of tetrazole rings is 1. The Kier molecular flexibility index (Phi) is 1.82. The molecule has 0 saturated carbocycles. The number of aromatic nitrogens is 4. The molecule has 0 amide bonds. The van der Waals surface area contributed by atoms with Crippen molar-refractivity contribution < 1.29 is 14.2 Å². The van der Waals surface area contributed by atoms with Crippen LogP contribution in [0.2, 0.25) is 0 Å². The van der Waals surface area contributed by atoms with Crippen LogP contribution in [0.5, 0.6) is 17.2 Å². The first kappa shape index (κ1) is 9.46. The maximum absolute atomic E-state index is 5.71. The van der Waals surface area contributed by atoms with E-state index in [1.807, 2.05) is 18.2 Å². The summed E-state index contributed by atoms with van der Waals surface area (Å²) in [6.07, 6.45) is 1.96. The Bertz CT molecular complexity index is 636. The number of nitrogens with zero attached hydrogens (tertiary/aromatic N) is 3. The number of H-pyrrole nitrogens is 1. The highest BCUT2D eigenvalue weighted by atomic mass is 16.7. The zero-order valence-corrected chi connectivity index (χ0v) is 9.21. The molecule has 1 N–H and O–H groups in total. The Hall–Kier alpha value is -2.57. The van der Waals surface area contributed by atoms with Crippen molar-refractivity contribution in [3.05, 3.63) is 23.5 Å². The van der Waals surface area contributed by atoms with Crippen molar-refractivity contribution in [1.82, 2.24) is 20.6 Å². The van der Waals surface area contributed by atoms with Crippen LogP contribution in [-0.4, -0.2) is 34.0 Å². The fraction of sp³-hybridized carbons (Fsp3) is 0.182. The first-order valence-electron chi connectivity index (χ1n) is 5.41. The Morgan fingerprint density at radius 3 is 3.00 bits per heavy atom. The number of hydrogen-bond donors (Lipinski definition) is 1. The van der Waals surface area contributed by atoms with Crippen LogP contribution >= 0.6 is 0 Å². The standard InChI is InChI=1S/C11H8N4O3/c1-2-8-10(18-5-17-8)9-6(1)3-7(4-16-9)11-12-14-15-13-11/h1-3H,4-5H2,(H,12,13,14,15). The quantitative estimate of drug-likeness (QED) is 0.801. The van der Waals surface area contributed by atoms with E-state index in [1.165, 1.54) is 0 Å². The van der Waals surface area contributed by atoms with Crippen LogP contribution in [0.25, 0.3) is 11.6 Å². The third kappa shape index (κ3) is 1.27. The van der Waals surface area contributed by atoms with Gasteiger partial charge in [-0.1, -0.05) is 0 Å². The molecular weight excluding hydrogens is 236 g/mol. The van der Waals surface area contributed by atoms with Gasteiger partial charge in [0.15, 0.2) is 11.5 Å². The second-order valence-electron chi connectivity index (χ2n) is 3.91. The van der Waals surface area contributed by atoms with Crippen molar-refractivity contribution in [2.24, 2.45) is 0 Å². The lowest BCUT2D eigenvalue weighted by Crippen LogP contribution is -2.08. The zero-order valence-electron chi connectivity index (χ0n) is 9.21. The normalized spacial score (nSPS) is 15.9. The minimum atomic E-state index is 0.233. The Morgan fingerprint density at radius 1 is 1.11 bits per heavy atom. The van der Waals surface area contributed by atoms with Crippen molar-refractivity contribution in [3.8, 4) is 17.2 Å². The Labute approximate surface area is 101 Å². The van der Waals surface area contributed by atoms with Crippen LogP contribution in [0.3, 0.4) is 0 Å². The number of benzene rings is 1. The summed E-state index contributed by atoms with van der Waals surface area (Å²) in [4.78, 5) is 0. The fourth-order valence-corrected chi connectivity index (χ4v) is 2.03. The van der Waals surface area contributed by atoms with E-state index >= 15 is 0 Å². The molecule has 0 unspecified atom stereocenters. The van der Waals surface area contributed by atoms with Gasteiger partial charge in [-0.2, -0.15) is 5.21 Å². The molecule has 18 heavy (non-hydrogen) atoms. The molecule has 0 spiro atoms. The summed E-state index contributed by atoms with van der Waals surface area (Å²) in [7, 11) is 0. The van der Waals surface area contributed by atoms with Crippen LogP contribution in [0.15, 0.2) is 12.1 Å². The number of fused-ring (bicyclic) bond motifs is 3. The third-order valence-corrected chi connectivity index (χ3v) is 2.86. The highest BCUT2D eigenvalue weighted by Crippen LogP contribution is 2.45. The molecule has 1 aromatic carbocycles. The smallest absolute Gasteiger partial charge is 0.231 e. The van der Waals surface area contributed by atoms with Gasteiger partial charge in [0.2, 0.25) is 18.4 Å². The number of nitrogens with one attached hydrogen (secondary N) is 1. The van der Waals surface area contributed by atoms with Gasteiger partial charge in [0.1, 0.15) is 6.61 Å². The molecule has 7 nitrogen and oxygen atoms in total. The molecule has 7 heteroatoms. The van der Waals surface area contributed by atoms with Gasteiger partial charge >= 0.3 is 0 Å². The lowest BCUT2D eigenvalue weighted by Gasteiger charge is -2.17. The summed E-state index contributed by atoms with van der Waals surface area (Å²) in [5.41, 5.74) is 1.79. The lowest BCUT2D eigenvalue weighted by molar-refractivity contribution is 0.170. The number of aromatic amines is 1. The largest absolute Gasteiger partial charge is 0.484 e.